The fourth-order valence-electron chi connectivity index (χ4n) is 2.77. The van der Waals surface area contributed by atoms with Crippen LogP contribution in [-0.2, 0) is 0 Å². The van der Waals surface area contributed by atoms with Crippen LogP contribution in [-0.4, -0.2) is 12.1 Å². The Labute approximate surface area is 140 Å². The third-order valence-corrected chi connectivity index (χ3v) is 4.14. The number of anilines is 1. The van der Waals surface area contributed by atoms with Crippen LogP contribution >= 0.6 is 0 Å². The van der Waals surface area contributed by atoms with Crippen molar-refractivity contribution in [1.82, 2.24) is 4.98 Å². The van der Waals surface area contributed by atoms with Crippen LogP contribution in [0.5, 0.6) is 5.75 Å². The van der Waals surface area contributed by atoms with E-state index in [9.17, 15) is 0 Å². The molecule has 0 fully saturated rings. The van der Waals surface area contributed by atoms with Gasteiger partial charge in [-0.1, -0.05) is 6.07 Å². The molecular weight excluding hydrogens is 302 g/mol. The number of benzene rings is 1. The van der Waals surface area contributed by atoms with Gasteiger partial charge in [-0.15, -0.1) is 0 Å². The number of fused-ring (bicyclic) bond motifs is 1. The van der Waals surface area contributed by atoms with Gasteiger partial charge >= 0.3 is 0 Å². The van der Waals surface area contributed by atoms with Gasteiger partial charge in [0.05, 0.1) is 13.2 Å². The second-order valence-corrected chi connectivity index (χ2v) is 5.79. The Balaban J connectivity index is 1.93. The molecule has 0 radical (unpaired) electrons. The number of furan rings is 1. The van der Waals surface area contributed by atoms with Gasteiger partial charge in [0.15, 0.2) is 0 Å². The van der Waals surface area contributed by atoms with Crippen LogP contribution in [0, 0.1) is 25.2 Å². The van der Waals surface area contributed by atoms with Crippen LogP contribution in [0.4, 0.5) is 5.82 Å². The highest BCUT2D eigenvalue weighted by Crippen LogP contribution is 2.33. The monoisotopic (exact) mass is 321 g/mol. The van der Waals surface area contributed by atoms with Crippen LogP contribution in [0.1, 0.15) is 35.5 Å². The number of hydrogen-bond acceptors (Lipinski definition) is 5. The SMILES string of the molecule is COc1ccc2oc(C(C)Nc3ccc(C)c(C#N)n3)c(C)c2c1. The molecule has 2 heterocycles. The second-order valence-electron chi connectivity index (χ2n) is 5.79. The van der Waals surface area contributed by atoms with E-state index in [2.05, 4.69) is 16.4 Å². The van der Waals surface area contributed by atoms with E-state index in [1.807, 2.05) is 51.1 Å². The van der Waals surface area contributed by atoms with Crippen LogP contribution in [0.15, 0.2) is 34.7 Å². The molecule has 0 aliphatic carbocycles. The summed E-state index contributed by atoms with van der Waals surface area (Å²) in [5.74, 6) is 2.30. The average molecular weight is 321 g/mol. The number of methoxy groups -OCH3 is 1. The number of nitrogens with one attached hydrogen (secondary N) is 1. The van der Waals surface area contributed by atoms with E-state index in [4.69, 9.17) is 14.4 Å². The topological polar surface area (TPSA) is 71.1 Å². The molecule has 1 atom stereocenters. The van der Waals surface area contributed by atoms with E-state index in [-0.39, 0.29) is 6.04 Å². The number of hydrogen-bond donors (Lipinski definition) is 1. The first kappa shape index (κ1) is 15.9. The Bertz CT molecular complexity index is 938. The molecule has 24 heavy (non-hydrogen) atoms. The molecule has 0 aliphatic rings. The summed E-state index contributed by atoms with van der Waals surface area (Å²) in [6.07, 6.45) is 0. The molecule has 5 heteroatoms. The van der Waals surface area contributed by atoms with Gasteiger partial charge in [0.2, 0.25) is 0 Å². The summed E-state index contributed by atoms with van der Waals surface area (Å²) in [4.78, 5) is 4.33. The zero-order valence-electron chi connectivity index (χ0n) is 14.2. The van der Waals surface area contributed by atoms with Gasteiger partial charge in [0.1, 0.15) is 34.7 Å². The van der Waals surface area contributed by atoms with Crippen LogP contribution in [0.2, 0.25) is 0 Å². The van der Waals surface area contributed by atoms with Crippen molar-refractivity contribution < 1.29 is 9.15 Å². The summed E-state index contributed by atoms with van der Waals surface area (Å²) in [5, 5.41) is 13.5. The van der Waals surface area contributed by atoms with Crippen molar-refractivity contribution >= 4 is 16.8 Å². The highest BCUT2D eigenvalue weighted by molar-refractivity contribution is 5.83. The minimum atomic E-state index is -0.0786. The highest BCUT2D eigenvalue weighted by atomic mass is 16.5. The van der Waals surface area contributed by atoms with Gasteiger partial charge in [-0.05, 0) is 50.6 Å². The standard InChI is InChI=1S/C19H19N3O2/c1-11-5-8-18(22-16(11)10-20)21-13(3)19-12(2)15-9-14(23-4)6-7-17(15)24-19/h5-9,13H,1-4H3,(H,21,22). The molecule has 1 N–H and O–H groups in total. The lowest BCUT2D eigenvalue weighted by Crippen LogP contribution is -2.09. The average Bonchev–Trinajstić information content (AvgIpc) is 2.93. The predicted molar refractivity (Wildman–Crippen MR) is 93.2 cm³/mol. The summed E-state index contributed by atoms with van der Waals surface area (Å²) in [6.45, 7) is 5.91. The van der Waals surface area contributed by atoms with Crippen molar-refractivity contribution in [3.05, 3.63) is 52.9 Å². The lowest BCUT2D eigenvalue weighted by molar-refractivity contribution is 0.415. The number of ether oxygens (including phenoxy) is 1. The van der Waals surface area contributed by atoms with Crippen LogP contribution < -0.4 is 10.1 Å². The van der Waals surface area contributed by atoms with Crippen molar-refractivity contribution in [3.8, 4) is 11.8 Å². The Morgan fingerprint density at radius 2 is 2.04 bits per heavy atom. The molecule has 3 aromatic rings. The molecule has 122 valence electrons. The molecule has 1 aromatic carbocycles. The first-order valence-corrected chi connectivity index (χ1v) is 7.74. The second kappa shape index (κ2) is 6.25. The van der Waals surface area contributed by atoms with E-state index >= 15 is 0 Å². The maximum atomic E-state index is 9.11. The summed E-state index contributed by atoms with van der Waals surface area (Å²) < 4.78 is 11.3. The van der Waals surface area contributed by atoms with Crippen LogP contribution in [0.3, 0.4) is 0 Å². The summed E-state index contributed by atoms with van der Waals surface area (Å²) in [7, 11) is 1.65. The largest absolute Gasteiger partial charge is 0.497 e. The first-order valence-electron chi connectivity index (χ1n) is 7.74. The lowest BCUT2D eigenvalue weighted by atomic mass is 10.1. The van der Waals surface area contributed by atoms with Crippen molar-refractivity contribution in [2.75, 3.05) is 12.4 Å². The molecule has 5 nitrogen and oxygen atoms in total. The van der Waals surface area contributed by atoms with E-state index in [1.165, 1.54) is 0 Å². The minimum Gasteiger partial charge on any atom is -0.497 e. The zero-order valence-corrected chi connectivity index (χ0v) is 14.2. The Morgan fingerprint density at radius 1 is 1.25 bits per heavy atom. The minimum absolute atomic E-state index is 0.0786. The Hall–Kier alpha value is -3.00. The maximum Gasteiger partial charge on any atom is 0.145 e. The Kier molecular flexibility index (Phi) is 4.13. The summed E-state index contributed by atoms with van der Waals surface area (Å²) >= 11 is 0. The molecule has 3 rings (SSSR count). The van der Waals surface area contributed by atoms with Gasteiger partial charge in [-0.25, -0.2) is 4.98 Å². The van der Waals surface area contributed by atoms with Gasteiger partial charge in [-0.3, -0.25) is 0 Å². The molecule has 0 saturated heterocycles. The predicted octanol–water partition coefficient (Wildman–Crippen LogP) is 4.50. The quantitative estimate of drug-likeness (QED) is 0.766. The smallest absolute Gasteiger partial charge is 0.145 e. The molecular formula is C19H19N3O2. The molecule has 1 unspecified atom stereocenters. The summed E-state index contributed by atoms with van der Waals surface area (Å²) in [6, 6.07) is 11.6. The third-order valence-electron chi connectivity index (χ3n) is 4.14. The lowest BCUT2D eigenvalue weighted by Gasteiger charge is -2.13. The van der Waals surface area contributed by atoms with Crippen molar-refractivity contribution in [1.29, 1.82) is 5.26 Å². The molecule has 0 spiro atoms. The van der Waals surface area contributed by atoms with Crippen molar-refractivity contribution in [3.63, 3.8) is 0 Å². The number of rotatable bonds is 4. The maximum absolute atomic E-state index is 9.11. The first-order chi connectivity index (χ1) is 11.5. The van der Waals surface area contributed by atoms with Gasteiger partial charge in [0.25, 0.3) is 0 Å². The van der Waals surface area contributed by atoms with Crippen molar-refractivity contribution in [2.24, 2.45) is 0 Å². The number of aromatic nitrogens is 1. The highest BCUT2D eigenvalue weighted by Gasteiger charge is 2.17. The molecule has 0 aliphatic heterocycles. The Morgan fingerprint density at radius 3 is 2.75 bits per heavy atom. The number of aryl methyl sites for hydroxylation is 2. The van der Waals surface area contributed by atoms with E-state index in [0.717, 1.165) is 33.6 Å². The summed E-state index contributed by atoms with van der Waals surface area (Å²) in [5.41, 5.74) is 3.18. The number of pyridine rings is 1. The molecule has 0 bridgehead atoms. The number of nitrogens with zero attached hydrogens (tertiary/aromatic N) is 2. The van der Waals surface area contributed by atoms with E-state index < -0.39 is 0 Å². The fraction of sp³-hybridized carbons (Fsp3) is 0.263. The normalized spacial score (nSPS) is 12.0. The van der Waals surface area contributed by atoms with Gasteiger partial charge < -0.3 is 14.5 Å². The van der Waals surface area contributed by atoms with E-state index in [1.54, 1.807) is 7.11 Å². The fourth-order valence-corrected chi connectivity index (χ4v) is 2.77. The van der Waals surface area contributed by atoms with E-state index in [0.29, 0.717) is 11.5 Å². The molecule has 0 saturated carbocycles. The zero-order chi connectivity index (χ0) is 17.3. The van der Waals surface area contributed by atoms with Gasteiger partial charge in [0, 0.05) is 10.9 Å². The third kappa shape index (κ3) is 2.79. The van der Waals surface area contributed by atoms with Crippen molar-refractivity contribution in [2.45, 2.75) is 26.8 Å². The van der Waals surface area contributed by atoms with Crippen LogP contribution in [0.25, 0.3) is 11.0 Å². The molecule has 0 amide bonds. The molecule has 2 aromatic heterocycles. The number of nitriles is 1. The van der Waals surface area contributed by atoms with Gasteiger partial charge in [-0.2, -0.15) is 5.26 Å².